The summed E-state index contributed by atoms with van der Waals surface area (Å²) in [5.41, 5.74) is 4.64. The summed E-state index contributed by atoms with van der Waals surface area (Å²) < 4.78 is 37.2. The summed E-state index contributed by atoms with van der Waals surface area (Å²) in [6.07, 6.45) is -4.34. The fourth-order valence-corrected chi connectivity index (χ4v) is 3.73. The number of fused-ring (bicyclic) bond motifs is 3. The van der Waals surface area contributed by atoms with Gasteiger partial charge in [0, 0.05) is 28.5 Å². The Morgan fingerprint density at radius 3 is 2.28 bits per heavy atom. The number of hydrogen-bond donors (Lipinski definition) is 3. The van der Waals surface area contributed by atoms with Gasteiger partial charge < -0.3 is 14.9 Å². The van der Waals surface area contributed by atoms with Gasteiger partial charge in [0.1, 0.15) is 11.5 Å². The Balaban J connectivity index is 0.000000384. The molecule has 0 aliphatic carbocycles. The third-order valence-corrected chi connectivity index (χ3v) is 5.40. The Morgan fingerprint density at radius 1 is 1.00 bits per heavy atom. The molecular formula is C26H20F3N3O4. The molecule has 5 aromatic rings. The molecule has 0 radical (unpaired) electrons. The molecular weight excluding hydrogens is 475 g/mol. The lowest BCUT2D eigenvalue weighted by Crippen LogP contribution is -2.21. The number of phenols is 1. The molecule has 7 nitrogen and oxygen atoms in total. The minimum absolute atomic E-state index is 0.228. The quantitative estimate of drug-likeness (QED) is 0.295. The van der Waals surface area contributed by atoms with Crippen LogP contribution in [0.25, 0.3) is 33.1 Å². The molecule has 0 amide bonds. The van der Waals surface area contributed by atoms with E-state index >= 15 is 0 Å². The van der Waals surface area contributed by atoms with Gasteiger partial charge in [0.05, 0.1) is 18.2 Å². The van der Waals surface area contributed by atoms with Crippen LogP contribution in [0.1, 0.15) is 11.3 Å². The fraction of sp³-hybridized carbons (Fsp3) is 0.115. The predicted octanol–water partition coefficient (Wildman–Crippen LogP) is 5.72. The molecule has 0 saturated heterocycles. The number of aliphatic carboxylic acids is 1. The second kappa shape index (κ2) is 9.95. The molecule has 0 aliphatic rings. The largest absolute Gasteiger partial charge is 0.508 e. The standard InChI is InChI=1S/C24H19N3O2.C2HF3O2/c1-29-18-11-12-19-20(14-18)22-21(13-15-5-3-2-4-6-15)26-27-24(22)25-23(19)16-7-9-17(28)10-8-16;3-2(4,5)1(6)7/h2-12,14,28H,13H2,1H3,(H,25,26,27);(H,6,7). The van der Waals surface area contributed by atoms with Gasteiger partial charge in [-0.3, -0.25) is 5.10 Å². The minimum atomic E-state index is -5.08. The number of nitrogens with one attached hydrogen (secondary N) is 1. The van der Waals surface area contributed by atoms with E-state index in [1.165, 1.54) is 5.56 Å². The Bertz CT molecular complexity index is 1520. The SMILES string of the molecule is COc1ccc2c(-c3ccc(O)cc3)nc3n[nH]c(Cc4ccccc4)c3c2c1.O=C(O)C(F)(F)F. The first-order valence-corrected chi connectivity index (χ1v) is 10.7. The van der Waals surface area contributed by atoms with Crippen molar-refractivity contribution in [3.8, 4) is 22.8 Å². The summed E-state index contributed by atoms with van der Waals surface area (Å²) in [4.78, 5) is 13.8. The Hall–Kier alpha value is -4.60. The molecule has 184 valence electrons. The van der Waals surface area contributed by atoms with Gasteiger partial charge in [-0.25, -0.2) is 9.78 Å². The molecule has 0 fully saturated rings. The second-order valence-electron chi connectivity index (χ2n) is 7.78. The van der Waals surface area contributed by atoms with Gasteiger partial charge in [0.25, 0.3) is 0 Å². The van der Waals surface area contributed by atoms with Crippen LogP contribution in [0.2, 0.25) is 0 Å². The van der Waals surface area contributed by atoms with Crippen LogP contribution in [0.5, 0.6) is 11.5 Å². The van der Waals surface area contributed by atoms with E-state index in [4.69, 9.17) is 19.6 Å². The number of benzene rings is 3. The number of phenolic OH excluding ortho intramolecular Hbond substituents is 1. The number of carboxylic acid groups (broad SMARTS) is 1. The number of alkyl halides is 3. The number of aromatic hydroxyl groups is 1. The molecule has 0 aliphatic heterocycles. The second-order valence-corrected chi connectivity index (χ2v) is 7.78. The van der Waals surface area contributed by atoms with E-state index in [0.29, 0.717) is 5.65 Å². The van der Waals surface area contributed by atoms with Crippen molar-refractivity contribution in [3.63, 3.8) is 0 Å². The molecule has 0 saturated carbocycles. The molecule has 2 aromatic heterocycles. The van der Waals surface area contributed by atoms with Crippen LogP contribution in [0.3, 0.4) is 0 Å². The zero-order chi connectivity index (χ0) is 25.9. The zero-order valence-electron chi connectivity index (χ0n) is 18.9. The fourth-order valence-electron chi connectivity index (χ4n) is 3.73. The van der Waals surface area contributed by atoms with Crippen LogP contribution < -0.4 is 4.74 Å². The lowest BCUT2D eigenvalue weighted by molar-refractivity contribution is -0.192. The van der Waals surface area contributed by atoms with Gasteiger partial charge in [-0.1, -0.05) is 30.3 Å². The molecule has 5 rings (SSSR count). The van der Waals surface area contributed by atoms with Gasteiger partial charge in [-0.2, -0.15) is 18.3 Å². The van der Waals surface area contributed by atoms with Crippen molar-refractivity contribution in [2.24, 2.45) is 0 Å². The van der Waals surface area contributed by atoms with Gasteiger partial charge in [-0.05, 0) is 48.0 Å². The molecule has 0 bridgehead atoms. The summed E-state index contributed by atoms with van der Waals surface area (Å²) in [5.74, 6) is -1.74. The Kier molecular flexibility index (Phi) is 6.77. The smallest absolute Gasteiger partial charge is 0.490 e. The predicted molar refractivity (Wildman–Crippen MR) is 128 cm³/mol. The van der Waals surface area contributed by atoms with E-state index in [-0.39, 0.29) is 5.75 Å². The molecule has 36 heavy (non-hydrogen) atoms. The number of aromatic amines is 1. The zero-order valence-corrected chi connectivity index (χ0v) is 18.9. The van der Waals surface area contributed by atoms with Gasteiger partial charge in [0.15, 0.2) is 5.65 Å². The van der Waals surface area contributed by atoms with Gasteiger partial charge in [0.2, 0.25) is 0 Å². The van der Waals surface area contributed by atoms with Crippen LogP contribution in [0.4, 0.5) is 13.2 Å². The lowest BCUT2D eigenvalue weighted by Gasteiger charge is -2.10. The highest BCUT2D eigenvalue weighted by Gasteiger charge is 2.38. The number of carbonyl (C=O) groups is 1. The van der Waals surface area contributed by atoms with E-state index < -0.39 is 12.1 Å². The maximum absolute atomic E-state index is 10.6. The summed E-state index contributed by atoms with van der Waals surface area (Å²) in [6.45, 7) is 0. The van der Waals surface area contributed by atoms with Crippen molar-refractivity contribution in [1.29, 1.82) is 0 Å². The van der Waals surface area contributed by atoms with Crippen molar-refractivity contribution < 1.29 is 32.9 Å². The third kappa shape index (κ3) is 5.22. The summed E-state index contributed by atoms with van der Waals surface area (Å²) in [6, 6.07) is 23.4. The lowest BCUT2D eigenvalue weighted by atomic mass is 9.99. The maximum atomic E-state index is 10.6. The highest BCUT2D eigenvalue weighted by Crippen LogP contribution is 2.36. The number of aromatic nitrogens is 3. The highest BCUT2D eigenvalue weighted by molar-refractivity contribution is 6.11. The van der Waals surface area contributed by atoms with Crippen LogP contribution in [-0.2, 0) is 11.2 Å². The van der Waals surface area contributed by atoms with Crippen LogP contribution in [-0.4, -0.2) is 44.6 Å². The highest BCUT2D eigenvalue weighted by atomic mass is 19.4. The van der Waals surface area contributed by atoms with Crippen LogP contribution in [0, 0.1) is 0 Å². The topological polar surface area (TPSA) is 108 Å². The summed E-state index contributed by atoms with van der Waals surface area (Å²) in [7, 11) is 1.67. The monoisotopic (exact) mass is 495 g/mol. The Morgan fingerprint density at radius 2 is 1.67 bits per heavy atom. The number of nitrogens with zero attached hydrogens (tertiary/aromatic N) is 2. The van der Waals surface area contributed by atoms with E-state index in [0.717, 1.165) is 45.3 Å². The number of pyridine rings is 1. The number of ether oxygens (including phenoxy) is 1. The average molecular weight is 495 g/mol. The van der Waals surface area contributed by atoms with Crippen molar-refractivity contribution in [3.05, 3.63) is 84.1 Å². The van der Waals surface area contributed by atoms with Crippen molar-refractivity contribution >= 4 is 27.8 Å². The molecule has 2 heterocycles. The van der Waals surface area contributed by atoms with Crippen LogP contribution in [0.15, 0.2) is 72.8 Å². The Labute approximate surface area is 202 Å². The van der Waals surface area contributed by atoms with E-state index in [9.17, 15) is 18.3 Å². The summed E-state index contributed by atoms with van der Waals surface area (Å²) in [5, 5.41) is 27.5. The normalized spacial score (nSPS) is 11.2. The van der Waals surface area contributed by atoms with Crippen molar-refractivity contribution in [2.45, 2.75) is 12.6 Å². The molecule has 0 atom stereocenters. The number of halogens is 3. The number of H-pyrrole nitrogens is 1. The summed E-state index contributed by atoms with van der Waals surface area (Å²) >= 11 is 0. The molecule has 0 spiro atoms. The third-order valence-electron chi connectivity index (χ3n) is 5.40. The first kappa shape index (κ1) is 24.5. The number of hydrogen-bond acceptors (Lipinski definition) is 5. The van der Waals surface area contributed by atoms with Crippen molar-refractivity contribution in [2.75, 3.05) is 7.11 Å². The molecule has 10 heteroatoms. The molecule has 0 unspecified atom stereocenters. The maximum Gasteiger partial charge on any atom is 0.490 e. The van der Waals surface area contributed by atoms with Crippen LogP contribution >= 0.6 is 0 Å². The minimum Gasteiger partial charge on any atom is -0.508 e. The number of carboxylic acids is 1. The van der Waals surface area contributed by atoms with E-state index in [1.54, 1.807) is 19.2 Å². The molecule has 3 aromatic carbocycles. The average Bonchev–Trinajstić information content (AvgIpc) is 3.27. The van der Waals surface area contributed by atoms with E-state index in [2.05, 4.69) is 22.3 Å². The molecule has 3 N–H and O–H groups in total. The number of rotatable bonds is 4. The van der Waals surface area contributed by atoms with Crippen molar-refractivity contribution in [1.82, 2.24) is 15.2 Å². The van der Waals surface area contributed by atoms with Gasteiger partial charge in [-0.15, -0.1) is 0 Å². The number of methoxy groups -OCH3 is 1. The first-order valence-electron chi connectivity index (χ1n) is 10.7. The van der Waals surface area contributed by atoms with E-state index in [1.807, 2.05) is 48.5 Å². The first-order chi connectivity index (χ1) is 17.2. The van der Waals surface area contributed by atoms with Gasteiger partial charge >= 0.3 is 12.1 Å².